The van der Waals surface area contributed by atoms with Crippen molar-refractivity contribution < 1.29 is 19.1 Å². The average Bonchev–Trinajstić information content (AvgIpc) is 3.77. The Balaban J connectivity index is 0.000000223. The number of fused-ring (bicyclic) bond motifs is 2. The highest BCUT2D eigenvalue weighted by Crippen LogP contribution is 2.25. The molecule has 6 aromatic rings. The third kappa shape index (κ3) is 9.36. The minimum atomic E-state index is -0.522. The lowest BCUT2D eigenvalue weighted by Gasteiger charge is -2.21. The number of carbonyl (C=O) groups is 3. The fourth-order valence-corrected chi connectivity index (χ4v) is 6.48. The number of rotatable bonds is 12. The topological polar surface area (TPSA) is 159 Å². The number of hydrogen-bond donors (Lipinski definition) is 2. The lowest BCUT2D eigenvalue weighted by molar-refractivity contribution is -0.154. The van der Waals surface area contributed by atoms with E-state index in [1.54, 1.807) is 45.6 Å². The number of esters is 1. The van der Waals surface area contributed by atoms with Gasteiger partial charge in [0.2, 0.25) is 0 Å². The fraction of sp³-hybridized carbons (Fsp3) is 0.270. The molecule has 6 rings (SSSR count). The van der Waals surface area contributed by atoms with Crippen LogP contribution in [0.1, 0.15) is 65.5 Å². The number of aromatic nitrogens is 6. The first kappa shape index (κ1) is 38.5. The molecule has 0 aliphatic rings. The molecule has 0 spiro atoms. The van der Waals surface area contributed by atoms with E-state index in [1.807, 2.05) is 75.7 Å². The summed E-state index contributed by atoms with van der Waals surface area (Å²) in [6.07, 6.45) is 7.68. The van der Waals surface area contributed by atoms with Gasteiger partial charge in [-0.25, -0.2) is 19.0 Å². The number of nitrogens with one attached hydrogen (secondary N) is 1. The molecule has 2 aromatic carbocycles. The van der Waals surface area contributed by atoms with Crippen molar-refractivity contribution in [3.05, 3.63) is 113 Å². The molecule has 1 atom stereocenters. The zero-order valence-corrected chi connectivity index (χ0v) is 31.8. The van der Waals surface area contributed by atoms with Crippen LogP contribution in [0, 0.1) is 0 Å². The van der Waals surface area contributed by atoms with Gasteiger partial charge in [0.15, 0.2) is 22.9 Å². The normalized spacial score (nSPS) is 11.9. The Morgan fingerprint density at radius 3 is 1.81 bits per heavy atom. The zero-order valence-electron chi connectivity index (χ0n) is 29.4. The second kappa shape index (κ2) is 17.2. The highest BCUT2D eigenvalue weighted by Gasteiger charge is 2.21. The fourth-order valence-electron chi connectivity index (χ4n) is 5.16. The SMILES string of the molecule is CSc1cc(Cl)nc2c(C(=O)c3ccccc3)cnn12.CSc1cc(N[C@H](CN)CCC(=O)OC(C)(C)C)nc2c(C(=O)c3ccccc3)cnn12. The van der Waals surface area contributed by atoms with E-state index in [1.165, 1.54) is 29.7 Å². The number of thioether (sulfide) groups is 2. The molecule has 3 N–H and O–H groups in total. The standard InChI is InChI=1S/C23H29N5O3S.C14H10ClN3OS/c1-23(2,3)31-20(29)11-10-16(13-24)26-18-12-19(32-4)28-22(27-18)17(14-25-28)21(30)15-8-6-5-7-9-15;1-20-12-7-11(15)17-14-10(8-16-18(12)14)13(19)9-5-3-2-4-6-9/h5-9,12,14,16H,10-11,13,24H2,1-4H3,(H,26,27);2-8H,1H3/t16-;/m0./s1. The Kier molecular flexibility index (Phi) is 12.7. The first-order valence-corrected chi connectivity index (χ1v) is 19.1. The van der Waals surface area contributed by atoms with Crippen molar-refractivity contribution in [2.45, 2.75) is 55.3 Å². The van der Waals surface area contributed by atoms with Crippen molar-refractivity contribution >= 4 is 69.8 Å². The summed E-state index contributed by atoms with van der Waals surface area (Å²) in [7, 11) is 0. The van der Waals surface area contributed by atoms with Gasteiger partial charge in [0, 0.05) is 42.3 Å². The lowest BCUT2D eigenvalue weighted by atomic mass is 10.1. The summed E-state index contributed by atoms with van der Waals surface area (Å²) in [6.45, 7) is 5.84. The Labute approximate surface area is 314 Å². The van der Waals surface area contributed by atoms with Gasteiger partial charge in [0.25, 0.3) is 0 Å². The zero-order chi connectivity index (χ0) is 37.4. The highest BCUT2D eigenvalue weighted by molar-refractivity contribution is 7.98. The molecule has 0 aliphatic carbocycles. The van der Waals surface area contributed by atoms with Crippen molar-refractivity contribution in [2.24, 2.45) is 5.73 Å². The molecule has 0 saturated carbocycles. The van der Waals surface area contributed by atoms with Gasteiger partial charge < -0.3 is 15.8 Å². The number of anilines is 1. The van der Waals surface area contributed by atoms with Crippen molar-refractivity contribution in [1.82, 2.24) is 29.2 Å². The molecule has 270 valence electrons. The Hall–Kier alpha value is -4.76. The molecule has 52 heavy (non-hydrogen) atoms. The lowest BCUT2D eigenvalue weighted by Crippen LogP contribution is -2.31. The van der Waals surface area contributed by atoms with Crippen molar-refractivity contribution in [3.63, 3.8) is 0 Å². The molecule has 12 nitrogen and oxygen atoms in total. The largest absolute Gasteiger partial charge is 0.460 e. The first-order valence-electron chi connectivity index (χ1n) is 16.3. The molecule has 0 aliphatic heterocycles. The van der Waals surface area contributed by atoms with Crippen LogP contribution in [0.3, 0.4) is 0 Å². The van der Waals surface area contributed by atoms with E-state index < -0.39 is 5.60 Å². The summed E-state index contributed by atoms with van der Waals surface area (Å²) in [6, 6.07) is 21.5. The van der Waals surface area contributed by atoms with Gasteiger partial charge >= 0.3 is 5.97 Å². The number of nitrogens with two attached hydrogens (primary N) is 1. The van der Waals surface area contributed by atoms with Crippen molar-refractivity contribution in [3.8, 4) is 0 Å². The summed E-state index contributed by atoms with van der Waals surface area (Å²) >= 11 is 9.00. The van der Waals surface area contributed by atoms with Gasteiger partial charge in [-0.05, 0) is 39.7 Å². The minimum absolute atomic E-state index is 0.109. The number of benzene rings is 2. The van der Waals surface area contributed by atoms with Gasteiger partial charge in [-0.1, -0.05) is 72.3 Å². The van der Waals surface area contributed by atoms with Crippen LogP contribution in [0.5, 0.6) is 0 Å². The van der Waals surface area contributed by atoms with Gasteiger partial charge in [0.1, 0.15) is 26.6 Å². The van der Waals surface area contributed by atoms with E-state index in [-0.39, 0.29) is 30.0 Å². The van der Waals surface area contributed by atoms with E-state index in [4.69, 9.17) is 22.1 Å². The summed E-state index contributed by atoms with van der Waals surface area (Å²) in [5.41, 5.74) is 8.42. The van der Waals surface area contributed by atoms with E-state index in [9.17, 15) is 14.4 Å². The molecule has 0 saturated heterocycles. The summed E-state index contributed by atoms with van der Waals surface area (Å²) in [4.78, 5) is 46.4. The third-order valence-corrected chi connectivity index (χ3v) is 9.19. The monoisotopic (exact) mass is 758 g/mol. The molecule has 0 bridgehead atoms. The highest BCUT2D eigenvalue weighted by atomic mass is 35.5. The number of halogens is 1. The summed E-state index contributed by atoms with van der Waals surface area (Å²) in [5.74, 6) is 0.0571. The van der Waals surface area contributed by atoms with E-state index in [0.29, 0.717) is 57.5 Å². The molecule has 0 fully saturated rings. The van der Waals surface area contributed by atoms with Crippen LogP contribution in [0.25, 0.3) is 11.3 Å². The summed E-state index contributed by atoms with van der Waals surface area (Å²) in [5, 5.41) is 13.9. The van der Waals surface area contributed by atoms with Crippen LogP contribution in [-0.2, 0) is 9.53 Å². The Morgan fingerprint density at radius 2 is 1.33 bits per heavy atom. The van der Waals surface area contributed by atoms with Gasteiger partial charge in [-0.2, -0.15) is 10.2 Å². The van der Waals surface area contributed by atoms with Crippen molar-refractivity contribution in [1.29, 1.82) is 0 Å². The Bertz CT molecular complexity index is 2190. The first-order chi connectivity index (χ1) is 24.9. The predicted octanol–water partition coefficient (Wildman–Crippen LogP) is 6.88. The number of hydrogen-bond acceptors (Lipinski definition) is 12. The van der Waals surface area contributed by atoms with Gasteiger partial charge in [0.05, 0.1) is 23.5 Å². The quantitative estimate of drug-likeness (QED) is 0.0578. The number of ether oxygens (including phenoxy) is 1. The van der Waals surface area contributed by atoms with Gasteiger partial charge in [-0.3, -0.25) is 14.4 Å². The molecule has 15 heteroatoms. The number of ketones is 2. The van der Waals surface area contributed by atoms with Crippen LogP contribution in [-0.4, -0.2) is 77.4 Å². The molecule has 0 radical (unpaired) electrons. The number of carbonyl (C=O) groups excluding carboxylic acids is 3. The minimum Gasteiger partial charge on any atom is -0.460 e. The maximum absolute atomic E-state index is 13.0. The van der Waals surface area contributed by atoms with E-state index in [2.05, 4.69) is 25.5 Å². The molecule has 0 amide bonds. The smallest absolute Gasteiger partial charge is 0.306 e. The molecule has 4 heterocycles. The van der Waals surface area contributed by atoms with Gasteiger partial charge in [-0.15, -0.1) is 23.5 Å². The van der Waals surface area contributed by atoms with Crippen LogP contribution >= 0.6 is 35.1 Å². The maximum Gasteiger partial charge on any atom is 0.306 e. The van der Waals surface area contributed by atoms with E-state index in [0.717, 1.165) is 10.1 Å². The van der Waals surface area contributed by atoms with Crippen LogP contribution < -0.4 is 11.1 Å². The third-order valence-electron chi connectivity index (χ3n) is 7.58. The molecule has 4 aromatic heterocycles. The summed E-state index contributed by atoms with van der Waals surface area (Å²) < 4.78 is 8.66. The average molecular weight is 759 g/mol. The van der Waals surface area contributed by atoms with Crippen LogP contribution in [0.4, 0.5) is 5.82 Å². The number of nitrogens with zero attached hydrogens (tertiary/aromatic N) is 6. The van der Waals surface area contributed by atoms with E-state index >= 15 is 0 Å². The Morgan fingerprint density at radius 1 is 0.827 bits per heavy atom. The molecular formula is C37H39ClN8O4S2. The second-order valence-electron chi connectivity index (χ2n) is 12.5. The molecular weight excluding hydrogens is 720 g/mol. The van der Waals surface area contributed by atoms with Crippen LogP contribution in [0.15, 0.2) is 95.2 Å². The van der Waals surface area contributed by atoms with Crippen LogP contribution in [0.2, 0.25) is 5.15 Å². The second-order valence-corrected chi connectivity index (χ2v) is 14.5. The van der Waals surface area contributed by atoms with Crippen molar-refractivity contribution in [2.75, 3.05) is 24.4 Å². The predicted molar refractivity (Wildman–Crippen MR) is 206 cm³/mol. The molecule has 0 unspecified atom stereocenters. The maximum atomic E-state index is 13.0.